The molecule has 7 nitrogen and oxygen atoms in total. The van der Waals surface area contributed by atoms with Gasteiger partial charge in [0.25, 0.3) is 17.7 Å². The maximum atomic E-state index is 12.9. The number of hydrogen-bond donors (Lipinski definition) is 3. The lowest BCUT2D eigenvalue weighted by Gasteiger charge is -2.13. The molecule has 0 aliphatic carbocycles. The minimum Gasteiger partial charge on any atom is -0.368 e. The second kappa shape index (κ2) is 11.2. The summed E-state index contributed by atoms with van der Waals surface area (Å²) in [5.74, 6) is -0.852. The molecule has 1 unspecified atom stereocenters. The van der Waals surface area contributed by atoms with Crippen molar-refractivity contribution in [3.05, 3.63) is 95.6 Å². The summed E-state index contributed by atoms with van der Waals surface area (Å²) in [5, 5.41) is 8.52. The summed E-state index contributed by atoms with van der Waals surface area (Å²) in [6.45, 7) is 1.07. The van der Waals surface area contributed by atoms with E-state index in [2.05, 4.69) is 16.0 Å². The summed E-state index contributed by atoms with van der Waals surface area (Å²) in [5.41, 5.74) is 2.81. The summed E-state index contributed by atoms with van der Waals surface area (Å²) >= 11 is 0. The van der Waals surface area contributed by atoms with Gasteiger partial charge >= 0.3 is 0 Å². The molecule has 1 aliphatic rings. The molecule has 0 aromatic heterocycles. The first-order valence-corrected chi connectivity index (χ1v) is 11.4. The molecule has 0 radical (unpaired) electrons. The van der Waals surface area contributed by atoms with E-state index < -0.39 is 6.10 Å². The molecule has 7 heteroatoms. The van der Waals surface area contributed by atoms with Gasteiger partial charge in [0.15, 0.2) is 0 Å². The third-order valence-corrected chi connectivity index (χ3v) is 5.58. The van der Waals surface area contributed by atoms with Crippen LogP contribution in [0.25, 0.3) is 0 Å². The van der Waals surface area contributed by atoms with E-state index in [-0.39, 0.29) is 17.7 Å². The van der Waals surface area contributed by atoms with Crippen LogP contribution in [0, 0.1) is 0 Å². The lowest BCUT2D eigenvalue weighted by atomic mass is 10.1. The lowest BCUT2D eigenvalue weighted by Crippen LogP contribution is -2.27. The second-order valence-corrected chi connectivity index (χ2v) is 8.06. The van der Waals surface area contributed by atoms with Gasteiger partial charge in [0.05, 0.1) is 11.3 Å². The van der Waals surface area contributed by atoms with Crippen LogP contribution >= 0.6 is 0 Å². The van der Waals surface area contributed by atoms with Crippen molar-refractivity contribution in [1.82, 2.24) is 5.32 Å². The molecule has 0 saturated carbocycles. The van der Waals surface area contributed by atoms with Gasteiger partial charge in [-0.2, -0.15) is 0 Å². The number of benzene rings is 3. The third kappa shape index (κ3) is 6.08. The molecule has 3 aromatic rings. The number of nitrogens with one attached hydrogen (secondary N) is 3. The number of anilines is 2. The molecule has 3 aromatic carbocycles. The van der Waals surface area contributed by atoms with Crippen molar-refractivity contribution in [3.8, 4) is 0 Å². The normalized spacial score (nSPS) is 14.9. The van der Waals surface area contributed by atoms with Gasteiger partial charge in [-0.15, -0.1) is 0 Å². The van der Waals surface area contributed by atoms with E-state index in [1.807, 2.05) is 30.3 Å². The van der Waals surface area contributed by atoms with Crippen LogP contribution in [0.5, 0.6) is 0 Å². The predicted molar refractivity (Wildman–Crippen MR) is 131 cm³/mol. The van der Waals surface area contributed by atoms with E-state index >= 15 is 0 Å². The Morgan fingerprint density at radius 1 is 0.853 bits per heavy atom. The molecular formula is C27H27N3O4. The molecule has 4 rings (SSSR count). The molecule has 0 bridgehead atoms. The topological polar surface area (TPSA) is 96.5 Å². The van der Waals surface area contributed by atoms with Gasteiger partial charge in [0.2, 0.25) is 0 Å². The summed E-state index contributed by atoms with van der Waals surface area (Å²) in [4.78, 5) is 38.0. The first-order chi connectivity index (χ1) is 16.6. The Morgan fingerprint density at radius 3 is 2.44 bits per heavy atom. The minimum absolute atomic E-state index is 0.215. The van der Waals surface area contributed by atoms with Gasteiger partial charge in [0, 0.05) is 24.4 Å². The fourth-order valence-corrected chi connectivity index (χ4v) is 3.79. The molecule has 174 valence electrons. The quantitative estimate of drug-likeness (QED) is 0.476. The van der Waals surface area contributed by atoms with Crippen LogP contribution in [0.15, 0.2) is 78.9 Å². The van der Waals surface area contributed by atoms with Crippen LogP contribution in [0.3, 0.4) is 0 Å². The van der Waals surface area contributed by atoms with E-state index in [0.29, 0.717) is 48.5 Å². The summed E-state index contributed by atoms with van der Waals surface area (Å²) in [6.07, 6.45) is 1.81. The fraction of sp³-hybridized carbons (Fsp3) is 0.222. The third-order valence-electron chi connectivity index (χ3n) is 5.58. The SMILES string of the molecule is O=C(Nc1ccccc1C(=O)NCCc1ccccc1)c1cccc(NC(=O)C2CCCO2)c1. The Morgan fingerprint density at radius 2 is 1.65 bits per heavy atom. The summed E-state index contributed by atoms with van der Waals surface area (Å²) < 4.78 is 5.40. The highest BCUT2D eigenvalue weighted by molar-refractivity contribution is 6.09. The summed E-state index contributed by atoms with van der Waals surface area (Å²) in [6, 6.07) is 23.4. The second-order valence-electron chi connectivity index (χ2n) is 8.06. The molecule has 3 amide bonds. The maximum absolute atomic E-state index is 12.9. The number of amides is 3. The Balaban J connectivity index is 1.38. The van der Waals surface area contributed by atoms with Crippen molar-refractivity contribution >= 4 is 29.1 Å². The Bertz CT molecular complexity index is 1160. The van der Waals surface area contributed by atoms with Gasteiger partial charge in [-0.1, -0.05) is 48.5 Å². The molecule has 1 atom stereocenters. The smallest absolute Gasteiger partial charge is 0.255 e. The molecule has 1 saturated heterocycles. The fourth-order valence-electron chi connectivity index (χ4n) is 3.79. The summed E-state index contributed by atoms with van der Waals surface area (Å²) in [7, 11) is 0. The number of hydrogen-bond acceptors (Lipinski definition) is 4. The Kier molecular flexibility index (Phi) is 7.67. The van der Waals surface area contributed by atoms with Crippen LogP contribution in [0.2, 0.25) is 0 Å². The van der Waals surface area contributed by atoms with Crippen LogP contribution in [-0.2, 0) is 16.0 Å². The van der Waals surface area contributed by atoms with Crippen molar-refractivity contribution in [2.24, 2.45) is 0 Å². The molecule has 1 heterocycles. The van der Waals surface area contributed by atoms with E-state index in [1.165, 1.54) is 0 Å². The van der Waals surface area contributed by atoms with Gasteiger partial charge in [-0.25, -0.2) is 0 Å². The molecular weight excluding hydrogens is 430 g/mol. The lowest BCUT2D eigenvalue weighted by molar-refractivity contribution is -0.124. The average Bonchev–Trinajstić information content (AvgIpc) is 3.40. The maximum Gasteiger partial charge on any atom is 0.255 e. The number of para-hydroxylation sites is 1. The Labute approximate surface area is 198 Å². The highest BCUT2D eigenvalue weighted by atomic mass is 16.5. The molecule has 0 spiro atoms. The van der Waals surface area contributed by atoms with E-state index in [1.54, 1.807) is 48.5 Å². The molecule has 1 aliphatic heterocycles. The van der Waals surface area contributed by atoms with E-state index in [4.69, 9.17) is 4.74 Å². The standard InChI is InChI=1S/C27H27N3O4/c31-25(20-10-6-11-21(18-20)29-27(33)24-14-7-17-34-24)30-23-13-5-4-12-22(23)26(32)28-16-15-19-8-2-1-3-9-19/h1-6,8-13,18,24H,7,14-17H2,(H,28,32)(H,29,33)(H,30,31). The van der Waals surface area contributed by atoms with Gasteiger partial charge in [-0.3, -0.25) is 14.4 Å². The van der Waals surface area contributed by atoms with Crippen LogP contribution in [-0.4, -0.2) is 37.0 Å². The van der Waals surface area contributed by atoms with Crippen LogP contribution in [0.4, 0.5) is 11.4 Å². The van der Waals surface area contributed by atoms with Crippen LogP contribution < -0.4 is 16.0 Å². The minimum atomic E-state index is -0.454. The predicted octanol–water partition coefficient (Wildman–Crippen LogP) is 4.03. The monoisotopic (exact) mass is 457 g/mol. The zero-order chi connectivity index (χ0) is 23.8. The van der Waals surface area contributed by atoms with Gasteiger partial charge in [-0.05, 0) is 55.2 Å². The highest BCUT2D eigenvalue weighted by Gasteiger charge is 2.23. The van der Waals surface area contributed by atoms with E-state index in [0.717, 1.165) is 12.0 Å². The van der Waals surface area contributed by atoms with Crippen molar-refractivity contribution in [1.29, 1.82) is 0 Å². The number of ether oxygens (including phenoxy) is 1. The van der Waals surface area contributed by atoms with Crippen molar-refractivity contribution in [2.75, 3.05) is 23.8 Å². The molecule has 1 fully saturated rings. The first-order valence-electron chi connectivity index (χ1n) is 11.4. The Hall–Kier alpha value is -3.97. The van der Waals surface area contributed by atoms with Crippen LogP contribution in [0.1, 0.15) is 39.1 Å². The molecule has 34 heavy (non-hydrogen) atoms. The molecule has 3 N–H and O–H groups in total. The number of carbonyl (C=O) groups is 3. The van der Waals surface area contributed by atoms with Crippen molar-refractivity contribution < 1.29 is 19.1 Å². The zero-order valence-electron chi connectivity index (χ0n) is 18.8. The zero-order valence-corrected chi connectivity index (χ0v) is 18.8. The van der Waals surface area contributed by atoms with Crippen molar-refractivity contribution in [2.45, 2.75) is 25.4 Å². The average molecular weight is 458 g/mol. The van der Waals surface area contributed by atoms with E-state index in [9.17, 15) is 14.4 Å². The number of rotatable bonds is 8. The van der Waals surface area contributed by atoms with Gasteiger partial charge in [0.1, 0.15) is 6.10 Å². The van der Waals surface area contributed by atoms with Gasteiger partial charge < -0.3 is 20.7 Å². The first kappa shape index (κ1) is 23.2. The number of carbonyl (C=O) groups excluding carboxylic acids is 3. The largest absolute Gasteiger partial charge is 0.368 e. The van der Waals surface area contributed by atoms with Crippen molar-refractivity contribution in [3.63, 3.8) is 0 Å². The highest BCUT2D eigenvalue weighted by Crippen LogP contribution is 2.19.